The number of hydrogen-bond acceptors (Lipinski definition) is 6. The van der Waals surface area contributed by atoms with E-state index in [2.05, 4.69) is 10.6 Å². The Hall–Kier alpha value is -3.95. The van der Waals surface area contributed by atoms with E-state index in [-0.39, 0.29) is 30.1 Å². The van der Waals surface area contributed by atoms with E-state index >= 15 is 0 Å². The van der Waals surface area contributed by atoms with Crippen LogP contribution in [0.3, 0.4) is 0 Å². The number of hydrogen-bond donors (Lipinski definition) is 3. The topological polar surface area (TPSA) is 152 Å². The molecule has 140 valence electrons. The number of furan rings is 1. The van der Waals surface area contributed by atoms with Crippen LogP contribution in [-0.2, 0) is 9.59 Å². The van der Waals surface area contributed by atoms with Crippen LogP contribution in [0, 0.1) is 10.1 Å². The minimum absolute atomic E-state index is 0.0433. The van der Waals surface area contributed by atoms with Crippen molar-refractivity contribution in [3.05, 3.63) is 69.8 Å². The molecule has 0 saturated heterocycles. The SMILES string of the molecule is O=C(O)CCNC(=O)/C(=C/c1cccc([N+](=O)[O-])c1)NC(=O)c1ccco1. The van der Waals surface area contributed by atoms with E-state index in [0.717, 1.165) is 0 Å². The summed E-state index contributed by atoms with van der Waals surface area (Å²) in [4.78, 5) is 45.3. The van der Waals surface area contributed by atoms with Gasteiger partial charge in [-0.25, -0.2) is 0 Å². The number of nitrogens with one attached hydrogen (secondary N) is 2. The van der Waals surface area contributed by atoms with Crippen LogP contribution in [0.5, 0.6) is 0 Å². The van der Waals surface area contributed by atoms with E-state index in [0.29, 0.717) is 5.56 Å². The molecule has 0 unspecified atom stereocenters. The van der Waals surface area contributed by atoms with Crippen LogP contribution in [0.2, 0.25) is 0 Å². The molecule has 0 aliphatic rings. The van der Waals surface area contributed by atoms with Crippen molar-refractivity contribution >= 4 is 29.5 Å². The molecule has 0 saturated carbocycles. The molecule has 0 bridgehead atoms. The van der Waals surface area contributed by atoms with Crippen LogP contribution in [0.1, 0.15) is 22.5 Å². The van der Waals surface area contributed by atoms with Crippen LogP contribution in [-0.4, -0.2) is 34.4 Å². The number of rotatable bonds is 8. The maximum Gasteiger partial charge on any atom is 0.305 e. The van der Waals surface area contributed by atoms with Crippen LogP contribution >= 0.6 is 0 Å². The van der Waals surface area contributed by atoms with Crippen molar-refractivity contribution in [1.29, 1.82) is 0 Å². The van der Waals surface area contributed by atoms with Crippen molar-refractivity contribution in [2.24, 2.45) is 0 Å². The molecule has 10 nitrogen and oxygen atoms in total. The molecule has 2 amide bonds. The lowest BCUT2D eigenvalue weighted by Gasteiger charge is -2.09. The van der Waals surface area contributed by atoms with Crippen molar-refractivity contribution in [3.63, 3.8) is 0 Å². The molecule has 0 aliphatic carbocycles. The van der Waals surface area contributed by atoms with Gasteiger partial charge in [0.05, 0.1) is 17.6 Å². The Morgan fingerprint density at radius 3 is 2.63 bits per heavy atom. The number of carboxylic acids is 1. The van der Waals surface area contributed by atoms with E-state index in [1.54, 1.807) is 0 Å². The number of carbonyl (C=O) groups excluding carboxylic acids is 2. The van der Waals surface area contributed by atoms with Gasteiger partial charge in [-0.05, 0) is 23.8 Å². The van der Waals surface area contributed by atoms with Crippen molar-refractivity contribution in [3.8, 4) is 0 Å². The summed E-state index contributed by atoms with van der Waals surface area (Å²) >= 11 is 0. The monoisotopic (exact) mass is 373 g/mol. The lowest BCUT2D eigenvalue weighted by molar-refractivity contribution is -0.384. The summed E-state index contributed by atoms with van der Waals surface area (Å²) in [5, 5.41) is 24.2. The average Bonchev–Trinajstić information content (AvgIpc) is 3.15. The third-order valence-electron chi connectivity index (χ3n) is 3.25. The normalized spacial score (nSPS) is 10.9. The number of carboxylic acid groups (broad SMARTS) is 1. The van der Waals surface area contributed by atoms with Crippen molar-refractivity contribution in [1.82, 2.24) is 10.6 Å². The number of aliphatic carboxylic acids is 1. The van der Waals surface area contributed by atoms with Gasteiger partial charge < -0.3 is 20.2 Å². The fourth-order valence-corrected chi connectivity index (χ4v) is 2.02. The van der Waals surface area contributed by atoms with Gasteiger partial charge in [-0.2, -0.15) is 0 Å². The number of nitrogens with zero attached hydrogens (tertiary/aromatic N) is 1. The van der Waals surface area contributed by atoms with Gasteiger partial charge in [0.2, 0.25) is 0 Å². The van der Waals surface area contributed by atoms with E-state index in [4.69, 9.17) is 9.52 Å². The average molecular weight is 373 g/mol. The van der Waals surface area contributed by atoms with Gasteiger partial charge >= 0.3 is 5.97 Å². The van der Waals surface area contributed by atoms with Gasteiger partial charge in [0.15, 0.2) is 5.76 Å². The minimum atomic E-state index is -1.10. The second-order valence-electron chi connectivity index (χ2n) is 5.24. The molecule has 0 aliphatic heterocycles. The summed E-state index contributed by atoms with van der Waals surface area (Å²) in [6.45, 7) is -0.156. The van der Waals surface area contributed by atoms with Crippen molar-refractivity contribution in [2.45, 2.75) is 6.42 Å². The molecule has 1 aromatic carbocycles. The van der Waals surface area contributed by atoms with Crippen LogP contribution < -0.4 is 10.6 Å². The number of non-ortho nitro benzene ring substituents is 1. The second kappa shape index (κ2) is 8.94. The van der Waals surface area contributed by atoms with Gasteiger partial charge in [0, 0.05) is 18.7 Å². The molecule has 1 heterocycles. The summed E-state index contributed by atoms with van der Waals surface area (Å²) in [6, 6.07) is 8.33. The van der Waals surface area contributed by atoms with Gasteiger partial charge in [-0.3, -0.25) is 24.5 Å². The zero-order chi connectivity index (χ0) is 19.8. The Morgan fingerprint density at radius 1 is 1.22 bits per heavy atom. The first-order valence-corrected chi connectivity index (χ1v) is 7.68. The summed E-state index contributed by atoms with van der Waals surface area (Å²) in [6.07, 6.45) is 2.22. The first kappa shape index (κ1) is 19.4. The Morgan fingerprint density at radius 2 is 2.00 bits per heavy atom. The summed E-state index contributed by atoms with van der Waals surface area (Å²) in [5.74, 6) is -2.59. The van der Waals surface area contributed by atoms with E-state index < -0.39 is 22.7 Å². The maximum atomic E-state index is 12.3. The van der Waals surface area contributed by atoms with Gasteiger partial charge in [-0.15, -0.1) is 0 Å². The molecule has 0 fully saturated rings. The van der Waals surface area contributed by atoms with Gasteiger partial charge in [0.1, 0.15) is 5.70 Å². The third kappa shape index (κ3) is 5.81. The maximum absolute atomic E-state index is 12.3. The number of benzene rings is 1. The molecule has 3 N–H and O–H groups in total. The fraction of sp³-hybridized carbons (Fsp3) is 0.118. The highest BCUT2D eigenvalue weighted by Crippen LogP contribution is 2.15. The molecule has 0 radical (unpaired) electrons. The molecule has 10 heteroatoms. The molecule has 2 aromatic rings. The van der Waals surface area contributed by atoms with Crippen molar-refractivity contribution in [2.75, 3.05) is 6.54 Å². The summed E-state index contributed by atoms with van der Waals surface area (Å²) in [5.41, 5.74) is -0.110. The highest BCUT2D eigenvalue weighted by Gasteiger charge is 2.17. The first-order valence-electron chi connectivity index (χ1n) is 7.68. The lowest BCUT2D eigenvalue weighted by Crippen LogP contribution is -2.35. The predicted octanol–water partition coefficient (Wildman–Crippen LogP) is 1.55. The largest absolute Gasteiger partial charge is 0.481 e. The van der Waals surface area contributed by atoms with Crippen LogP contribution in [0.15, 0.2) is 52.8 Å². The summed E-state index contributed by atoms with van der Waals surface area (Å²) < 4.78 is 4.95. The summed E-state index contributed by atoms with van der Waals surface area (Å²) in [7, 11) is 0. The lowest BCUT2D eigenvalue weighted by atomic mass is 10.1. The molecule has 27 heavy (non-hydrogen) atoms. The van der Waals surface area contributed by atoms with Crippen molar-refractivity contribution < 1.29 is 28.8 Å². The molecule has 0 spiro atoms. The number of carbonyl (C=O) groups is 3. The zero-order valence-corrected chi connectivity index (χ0v) is 13.9. The third-order valence-corrected chi connectivity index (χ3v) is 3.25. The first-order chi connectivity index (χ1) is 12.9. The Labute approximate surface area is 152 Å². The Balaban J connectivity index is 2.26. The molecule has 0 atom stereocenters. The van der Waals surface area contributed by atoms with Crippen LogP contribution in [0.4, 0.5) is 5.69 Å². The molecule has 2 rings (SSSR count). The Kier molecular flexibility index (Phi) is 6.42. The van der Waals surface area contributed by atoms with Gasteiger partial charge in [-0.1, -0.05) is 12.1 Å². The van der Waals surface area contributed by atoms with E-state index in [9.17, 15) is 24.5 Å². The number of nitro groups is 1. The zero-order valence-electron chi connectivity index (χ0n) is 13.9. The predicted molar refractivity (Wildman–Crippen MR) is 92.5 cm³/mol. The smallest absolute Gasteiger partial charge is 0.305 e. The molecular weight excluding hydrogens is 358 g/mol. The highest BCUT2D eigenvalue weighted by atomic mass is 16.6. The fourth-order valence-electron chi connectivity index (χ4n) is 2.02. The number of amides is 2. The molecule has 1 aromatic heterocycles. The van der Waals surface area contributed by atoms with E-state index in [1.165, 1.54) is 48.7 Å². The minimum Gasteiger partial charge on any atom is -0.481 e. The quantitative estimate of drug-likeness (QED) is 0.360. The molecular formula is C17H15N3O7. The number of nitro benzene ring substituents is 1. The highest BCUT2D eigenvalue weighted by molar-refractivity contribution is 6.04. The standard InChI is InChI=1S/C17H15N3O7/c21-15(22)6-7-18-16(23)13(19-17(24)14-5-2-8-27-14)10-11-3-1-4-12(9-11)20(25)26/h1-5,8-10H,6-7H2,(H,18,23)(H,19,24)(H,21,22)/b13-10-. The van der Waals surface area contributed by atoms with E-state index in [1.807, 2.05) is 0 Å². The van der Waals surface area contributed by atoms with Gasteiger partial charge in [0.25, 0.3) is 17.5 Å². The Bertz CT molecular complexity index is 888. The van der Waals surface area contributed by atoms with Crippen LogP contribution in [0.25, 0.3) is 6.08 Å². The second-order valence-corrected chi connectivity index (χ2v) is 5.24.